The van der Waals surface area contributed by atoms with Crippen molar-refractivity contribution in [2.24, 2.45) is 4.99 Å². The number of aromatic nitrogens is 1. The number of aliphatic imine (C=N–C) groups is 1. The number of guanidine groups is 1. The predicted octanol–water partition coefficient (Wildman–Crippen LogP) is 3.31. The molecule has 0 bridgehead atoms. The van der Waals surface area contributed by atoms with Crippen LogP contribution in [0.2, 0.25) is 0 Å². The van der Waals surface area contributed by atoms with Gasteiger partial charge in [-0.1, -0.05) is 30.3 Å². The normalized spacial score (nSPS) is 11.7. The molecule has 156 valence electrons. The third-order valence-corrected chi connectivity index (χ3v) is 3.99. The van der Waals surface area contributed by atoms with E-state index in [9.17, 15) is 4.79 Å². The highest BCUT2D eigenvalue weighted by molar-refractivity contribution is 5.79. The first-order valence-corrected chi connectivity index (χ1v) is 9.63. The van der Waals surface area contributed by atoms with Gasteiger partial charge in [0.2, 0.25) is 0 Å². The number of carbonyl (C=O) groups is 1. The lowest BCUT2D eigenvalue weighted by atomic mass is 10.1. The van der Waals surface area contributed by atoms with Crippen LogP contribution >= 0.6 is 0 Å². The summed E-state index contributed by atoms with van der Waals surface area (Å²) in [6.07, 6.45) is 1.45. The van der Waals surface area contributed by atoms with Crippen LogP contribution in [0.5, 0.6) is 0 Å². The first kappa shape index (κ1) is 22.2. The Morgan fingerprint density at radius 1 is 1.07 bits per heavy atom. The van der Waals surface area contributed by atoms with Crippen molar-refractivity contribution in [3.8, 4) is 0 Å². The van der Waals surface area contributed by atoms with Crippen LogP contribution in [-0.4, -0.2) is 41.6 Å². The van der Waals surface area contributed by atoms with E-state index < -0.39 is 5.60 Å². The van der Waals surface area contributed by atoms with Gasteiger partial charge in [-0.25, -0.2) is 4.79 Å². The first-order chi connectivity index (χ1) is 13.8. The number of nitrogens with zero attached hydrogens (tertiary/aromatic N) is 3. The van der Waals surface area contributed by atoms with Gasteiger partial charge in [-0.05, 0) is 44.0 Å². The van der Waals surface area contributed by atoms with E-state index in [1.54, 1.807) is 25.2 Å². The first-order valence-electron chi connectivity index (χ1n) is 9.63. The van der Waals surface area contributed by atoms with Crippen LogP contribution in [0.3, 0.4) is 0 Å². The average Bonchev–Trinajstić information content (AvgIpc) is 2.68. The van der Waals surface area contributed by atoms with Gasteiger partial charge in [-0.2, -0.15) is 0 Å². The van der Waals surface area contributed by atoms with Crippen LogP contribution in [0.4, 0.5) is 4.79 Å². The highest BCUT2D eigenvalue weighted by atomic mass is 16.6. The van der Waals surface area contributed by atoms with Gasteiger partial charge in [-0.3, -0.25) is 9.98 Å². The fourth-order valence-corrected chi connectivity index (χ4v) is 2.52. The average molecular weight is 398 g/mol. The fraction of sp³-hybridized carbons (Fsp3) is 0.409. The standard InChI is InChI=1S/C22H31N5O2/c1-22(2,3)29-21(28)27(5)16-18-11-9-17(10-12-18)14-25-20(23-4)26-15-19-8-6-7-13-24-19/h6-13H,14-16H2,1-5H3,(H2,23,25,26). The largest absolute Gasteiger partial charge is 0.444 e. The molecule has 0 aliphatic heterocycles. The zero-order chi connectivity index (χ0) is 21.3. The molecule has 2 N–H and O–H groups in total. The van der Waals surface area contributed by atoms with E-state index in [2.05, 4.69) is 20.6 Å². The van der Waals surface area contributed by atoms with Crippen LogP contribution in [0.1, 0.15) is 37.6 Å². The quantitative estimate of drug-likeness (QED) is 0.577. The number of ether oxygens (including phenoxy) is 1. The molecule has 1 heterocycles. The van der Waals surface area contributed by atoms with E-state index in [1.807, 2.05) is 63.2 Å². The number of benzene rings is 1. The Morgan fingerprint density at radius 2 is 1.72 bits per heavy atom. The highest BCUT2D eigenvalue weighted by Crippen LogP contribution is 2.12. The summed E-state index contributed by atoms with van der Waals surface area (Å²) in [5.74, 6) is 0.712. The van der Waals surface area contributed by atoms with Gasteiger partial charge >= 0.3 is 6.09 Å². The zero-order valence-corrected chi connectivity index (χ0v) is 17.9. The fourth-order valence-electron chi connectivity index (χ4n) is 2.52. The van der Waals surface area contributed by atoms with Gasteiger partial charge in [0.05, 0.1) is 12.2 Å². The van der Waals surface area contributed by atoms with Crippen molar-refractivity contribution < 1.29 is 9.53 Å². The summed E-state index contributed by atoms with van der Waals surface area (Å²) in [4.78, 5) is 22.2. The van der Waals surface area contributed by atoms with Crippen LogP contribution in [0.15, 0.2) is 53.7 Å². The second kappa shape index (κ2) is 10.5. The molecule has 1 amide bonds. The minimum absolute atomic E-state index is 0.328. The van der Waals surface area contributed by atoms with E-state index in [4.69, 9.17) is 4.74 Å². The molecule has 0 aliphatic carbocycles. The molecule has 1 aromatic carbocycles. The van der Waals surface area contributed by atoms with Crippen molar-refractivity contribution in [1.29, 1.82) is 0 Å². The van der Waals surface area contributed by atoms with Gasteiger partial charge in [0.1, 0.15) is 5.60 Å². The second-order valence-corrected chi connectivity index (χ2v) is 7.75. The van der Waals surface area contributed by atoms with E-state index in [-0.39, 0.29) is 6.09 Å². The number of nitrogens with one attached hydrogen (secondary N) is 2. The molecule has 2 rings (SSSR count). The maximum absolute atomic E-state index is 12.1. The molecule has 0 fully saturated rings. The molecule has 0 saturated carbocycles. The molecular weight excluding hydrogens is 366 g/mol. The Hall–Kier alpha value is -3.09. The van der Waals surface area contributed by atoms with Crippen LogP contribution in [0, 0.1) is 0 Å². The lowest BCUT2D eigenvalue weighted by molar-refractivity contribution is 0.0285. The third kappa shape index (κ3) is 8.21. The molecule has 0 aliphatic rings. The molecule has 2 aromatic rings. The summed E-state index contributed by atoms with van der Waals surface area (Å²) in [7, 11) is 3.48. The van der Waals surface area contributed by atoms with Crippen molar-refractivity contribution in [2.75, 3.05) is 14.1 Å². The minimum Gasteiger partial charge on any atom is -0.444 e. The van der Waals surface area contributed by atoms with Crippen LogP contribution < -0.4 is 10.6 Å². The summed E-state index contributed by atoms with van der Waals surface area (Å²) in [6, 6.07) is 13.9. The Bertz CT molecular complexity index is 798. The lowest BCUT2D eigenvalue weighted by Crippen LogP contribution is -2.36. The Kier molecular flexibility index (Phi) is 8.00. The van der Waals surface area contributed by atoms with Crippen molar-refractivity contribution in [2.45, 2.75) is 46.0 Å². The van der Waals surface area contributed by atoms with Gasteiger partial charge in [0.15, 0.2) is 5.96 Å². The molecule has 0 saturated heterocycles. The number of hydrogen-bond donors (Lipinski definition) is 2. The Balaban J connectivity index is 1.81. The summed E-state index contributed by atoms with van der Waals surface area (Å²) in [5, 5.41) is 6.53. The molecule has 7 nitrogen and oxygen atoms in total. The highest BCUT2D eigenvalue weighted by Gasteiger charge is 2.19. The van der Waals surface area contributed by atoms with Crippen molar-refractivity contribution in [1.82, 2.24) is 20.5 Å². The Labute approximate surface area is 173 Å². The predicted molar refractivity (Wildman–Crippen MR) is 115 cm³/mol. The SMILES string of the molecule is CN=C(NCc1ccc(CN(C)C(=O)OC(C)(C)C)cc1)NCc1ccccn1. The maximum atomic E-state index is 12.1. The molecule has 1 aromatic heterocycles. The topological polar surface area (TPSA) is 78.9 Å². The number of amides is 1. The summed E-state index contributed by atoms with van der Waals surface area (Å²) in [5.41, 5.74) is 2.62. The zero-order valence-electron chi connectivity index (χ0n) is 17.9. The van der Waals surface area contributed by atoms with Gasteiger partial charge < -0.3 is 20.3 Å². The third-order valence-electron chi connectivity index (χ3n) is 3.99. The lowest BCUT2D eigenvalue weighted by Gasteiger charge is -2.24. The smallest absolute Gasteiger partial charge is 0.410 e. The molecule has 0 unspecified atom stereocenters. The van der Waals surface area contributed by atoms with E-state index in [1.165, 1.54) is 0 Å². The van der Waals surface area contributed by atoms with E-state index >= 15 is 0 Å². The molecule has 0 spiro atoms. The summed E-state index contributed by atoms with van der Waals surface area (Å²) < 4.78 is 5.38. The van der Waals surface area contributed by atoms with Gasteiger partial charge in [0.25, 0.3) is 0 Å². The summed E-state index contributed by atoms with van der Waals surface area (Å²) >= 11 is 0. The molecule has 0 atom stereocenters. The second-order valence-electron chi connectivity index (χ2n) is 7.75. The van der Waals surface area contributed by atoms with Gasteiger partial charge in [-0.15, -0.1) is 0 Å². The monoisotopic (exact) mass is 397 g/mol. The molecule has 29 heavy (non-hydrogen) atoms. The van der Waals surface area contributed by atoms with Crippen molar-refractivity contribution in [3.05, 3.63) is 65.5 Å². The van der Waals surface area contributed by atoms with E-state index in [0.29, 0.717) is 25.6 Å². The van der Waals surface area contributed by atoms with Gasteiger partial charge in [0, 0.05) is 33.4 Å². The van der Waals surface area contributed by atoms with Crippen LogP contribution in [-0.2, 0) is 24.4 Å². The molecular formula is C22H31N5O2. The number of pyridine rings is 1. The number of rotatable bonds is 6. The Morgan fingerprint density at radius 3 is 2.31 bits per heavy atom. The number of hydrogen-bond acceptors (Lipinski definition) is 4. The van der Waals surface area contributed by atoms with Crippen molar-refractivity contribution in [3.63, 3.8) is 0 Å². The van der Waals surface area contributed by atoms with E-state index in [0.717, 1.165) is 16.8 Å². The summed E-state index contributed by atoms with van der Waals surface area (Å²) in [6.45, 7) is 7.33. The number of carbonyl (C=O) groups excluding carboxylic acids is 1. The maximum Gasteiger partial charge on any atom is 0.410 e. The molecule has 7 heteroatoms. The van der Waals surface area contributed by atoms with Crippen molar-refractivity contribution >= 4 is 12.1 Å². The van der Waals surface area contributed by atoms with Crippen LogP contribution in [0.25, 0.3) is 0 Å². The molecule has 0 radical (unpaired) electrons. The minimum atomic E-state index is -0.496.